The van der Waals surface area contributed by atoms with Crippen LogP contribution in [0.15, 0.2) is 18.2 Å². The number of alkyl halides is 3. The molecule has 0 bridgehead atoms. The van der Waals surface area contributed by atoms with Gasteiger partial charge in [-0.05, 0) is 37.0 Å². The third-order valence-electron chi connectivity index (χ3n) is 4.13. The van der Waals surface area contributed by atoms with Crippen LogP contribution in [0.2, 0.25) is 0 Å². The fourth-order valence-corrected chi connectivity index (χ4v) is 2.97. The minimum absolute atomic E-state index is 0.310. The molecular formula is C16H19F3N2. The van der Waals surface area contributed by atoms with Crippen molar-refractivity contribution >= 4 is 5.69 Å². The summed E-state index contributed by atoms with van der Waals surface area (Å²) >= 11 is 0. The average molecular weight is 296 g/mol. The maximum atomic E-state index is 12.8. The summed E-state index contributed by atoms with van der Waals surface area (Å²) in [6.07, 6.45) is 1.61. The average Bonchev–Trinajstić information content (AvgIpc) is 2.46. The van der Waals surface area contributed by atoms with Gasteiger partial charge < -0.3 is 4.90 Å². The van der Waals surface area contributed by atoms with Crippen LogP contribution in [0.5, 0.6) is 0 Å². The quantitative estimate of drug-likeness (QED) is 0.815. The Labute approximate surface area is 123 Å². The van der Waals surface area contributed by atoms with E-state index in [1.54, 1.807) is 6.07 Å². The molecule has 1 saturated carbocycles. The topological polar surface area (TPSA) is 27.0 Å². The number of hydrogen-bond donors (Lipinski definition) is 0. The van der Waals surface area contributed by atoms with Crippen LogP contribution < -0.4 is 4.90 Å². The number of hydrogen-bond acceptors (Lipinski definition) is 2. The zero-order chi connectivity index (χ0) is 15.5. The molecule has 1 aliphatic carbocycles. The molecule has 0 aromatic heterocycles. The van der Waals surface area contributed by atoms with Crippen molar-refractivity contribution in [3.05, 3.63) is 29.3 Å². The Balaban J connectivity index is 2.14. The molecule has 1 aliphatic rings. The van der Waals surface area contributed by atoms with Gasteiger partial charge in [-0.1, -0.05) is 19.3 Å². The van der Waals surface area contributed by atoms with E-state index in [1.165, 1.54) is 44.2 Å². The highest BCUT2D eigenvalue weighted by Gasteiger charge is 2.33. The Hall–Kier alpha value is -1.70. The molecule has 0 spiro atoms. The Morgan fingerprint density at radius 2 is 1.90 bits per heavy atom. The van der Waals surface area contributed by atoms with Crippen LogP contribution in [-0.2, 0) is 6.18 Å². The largest absolute Gasteiger partial charge is 0.417 e. The van der Waals surface area contributed by atoms with Gasteiger partial charge in [0.2, 0.25) is 0 Å². The second kappa shape index (κ2) is 6.38. The maximum Gasteiger partial charge on any atom is 0.417 e. The summed E-state index contributed by atoms with van der Waals surface area (Å²) in [5.74, 6) is 0.594. The first-order chi connectivity index (χ1) is 9.91. The molecule has 0 radical (unpaired) electrons. The molecule has 5 heteroatoms. The van der Waals surface area contributed by atoms with E-state index in [0.717, 1.165) is 12.6 Å². The summed E-state index contributed by atoms with van der Waals surface area (Å²) in [6, 6.07) is 5.45. The van der Waals surface area contributed by atoms with E-state index in [0.29, 0.717) is 11.6 Å². The summed E-state index contributed by atoms with van der Waals surface area (Å²) in [4.78, 5) is 1.96. The molecule has 1 aromatic rings. The van der Waals surface area contributed by atoms with Crippen molar-refractivity contribution in [3.8, 4) is 6.07 Å². The van der Waals surface area contributed by atoms with E-state index in [-0.39, 0.29) is 5.56 Å². The Kier molecular flexibility index (Phi) is 4.76. The smallest absolute Gasteiger partial charge is 0.374 e. The zero-order valence-electron chi connectivity index (χ0n) is 12.1. The molecule has 0 atom stereocenters. The van der Waals surface area contributed by atoms with Crippen LogP contribution in [0.4, 0.5) is 18.9 Å². The van der Waals surface area contributed by atoms with Crippen molar-refractivity contribution in [1.82, 2.24) is 0 Å². The van der Waals surface area contributed by atoms with E-state index < -0.39 is 11.7 Å². The summed E-state index contributed by atoms with van der Waals surface area (Å²) in [7, 11) is 1.87. The summed E-state index contributed by atoms with van der Waals surface area (Å²) in [6.45, 7) is 0.830. The van der Waals surface area contributed by atoms with Crippen molar-refractivity contribution in [2.45, 2.75) is 38.3 Å². The highest BCUT2D eigenvalue weighted by atomic mass is 19.4. The van der Waals surface area contributed by atoms with Gasteiger partial charge in [0.05, 0.1) is 17.2 Å². The molecule has 2 rings (SSSR count). The molecule has 0 saturated heterocycles. The van der Waals surface area contributed by atoms with Crippen LogP contribution in [0.3, 0.4) is 0 Å². The number of halogens is 3. The molecule has 0 heterocycles. The summed E-state index contributed by atoms with van der Waals surface area (Å²) in [5.41, 5.74) is -0.500. The van der Waals surface area contributed by atoms with Crippen LogP contribution in [0.1, 0.15) is 43.2 Å². The summed E-state index contributed by atoms with van der Waals surface area (Å²) < 4.78 is 38.3. The molecule has 0 unspecified atom stereocenters. The van der Waals surface area contributed by atoms with Crippen molar-refractivity contribution in [2.24, 2.45) is 5.92 Å². The molecule has 1 aromatic carbocycles. The van der Waals surface area contributed by atoms with E-state index in [9.17, 15) is 13.2 Å². The normalized spacial score (nSPS) is 16.5. The molecule has 0 aliphatic heterocycles. The fourth-order valence-electron chi connectivity index (χ4n) is 2.97. The molecular weight excluding hydrogens is 277 g/mol. The second-order valence-electron chi connectivity index (χ2n) is 5.72. The molecule has 0 N–H and O–H groups in total. The van der Waals surface area contributed by atoms with E-state index in [2.05, 4.69) is 0 Å². The van der Waals surface area contributed by atoms with Gasteiger partial charge in [0.1, 0.15) is 0 Å². The standard InChI is InChI=1S/C16H19F3N2/c1-21(11-12-5-3-2-4-6-12)14-7-8-15(16(17,18)19)13(9-14)10-20/h7-9,12H,2-6,11H2,1H3. The highest BCUT2D eigenvalue weighted by molar-refractivity contribution is 5.55. The first-order valence-corrected chi connectivity index (χ1v) is 7.24. The van der Waals surface area contributed by atoms with Crippen LogP contribution >= 0.6 is 0 Å². The zero-order valence-corrected chi connectivity index (χ0v) is 12.1. The lowest BCUT2D eigenvalue weighted by molar-refractivity contribution is -0.137. The molecule has 2 nitrogen and oxygen atoms in total. The predicted octanol–water partition coefficient (Wildman–Crippen LogP) is 4.59. The van der Waals surface area contributed by atoms with Gasteiger partial charge in [-0.2, -0.15) is 18.4 Å². The van der Waals surface area contributed by atoms with Crippen LogP contribution in [0, 0.1) is 17.2 Å². The molecule has 0 amide bonds. The van der Waals surface area contributed by atoms with Gasteiger partial charge in [0, 0.05) is 19.3 Å². The minimum Gasteiger partial charge on any atom is -0.374 e. The predicted molar refractivity (Wildman–Crippen MR) is 76.0 cm³/mol. The lowest BCUT2D eigenvalue weighted by Gasteiger charge is -2.28. The number of benzene rings is 1. The highest BCUT2D eigenvalue weighted by Crippen LogP contribution is 2.34. The van der Waals surface area contributed by atoms with Crippen molar-refractivity contribution in [2.75, 3.05) is 18.5 Å². The van der Waals surface area contributed by atoms with E-state index in [1.807, 2.05) is 11.9 Å². The Morgan fingerprint density at radius 3 is 2.48 bits per heavy atom. The third kappa shape index (κ3) is 3.90. The van der Waals surface area contributed by atoms with E-state index in [4.69, 9.17) is 5.26 Å². The SMILES string of the molecule is CN(CC1CCCCC1)c1ccc(C(F)(F)F)c(C#N)c1. The molecule has 114 valence electrons. The summed E-state index contributed by atoms with van der Waals surface area (Å²) in [5, 5.41) is 8.94. The van der Waals surface area contributed by atoms with Crippen LogP contribution in [0.25, 0.3) is 0 Å². The lowest BCUT2D eigenvalue weighted by atomic mass is 9.89. The number of nitrogens with zero attached hydrogens (tertiary/aromatic N) is 2. The van der Waals surface area contributed by atoms with E-state index >= 15 is 0 Å². The first-order valence-electron chi connectivity index (χ1n) is 7.24. The van der Waals surface area contributed by atoms with Gasteiger partial charge in [-0.15, -0.1) is 0 Å². The Morgan fingerprint density at radius 1 is 1.24 bits per heavy atom. The fraction of sp³-hybridized carbons (Fsp3) is 0.562. The maximum absolute atomic E-state index is 12.8. The number of nitriles is 1. The first kappa shape index (κ1) is 15.7. The van der Waals surface area contributed by atoms with Gasteiger partial charge in [0.25, 0.3) is 0 Å². The Bertz CT molecular complexity index is 525. The van der Waals surface area contributed by atoms with Gasteiger partial charge in [-0.3, -0.25) is 0 Å². The van der Waals surface area contributed by atoms with Crippen molar-refractivity contribution in [3.63, 3.8) is 0 Å². The van der Waals surface area contributed by atoms with Gasteiger partial charge in [-0.25, -0.2) is 0 Å². The number of rotatable bonds is 3. The van der Waals surface area contributed by atoms with Crippen molar-refractivity contribution in [1.29, 1.82) is 5.26 Å². The van der Waals surface area contributed by atoms with Crippen molar-refractivity contribution < 1.29 is 13.2 Å². The molecule has 1 fully saturated rings. The monoisotopic (exact) mass is 296 g/mol. The van der Waals surface area contributed by atoms with Gasteiger partial charge in [0.15, 0.2) is 0 Å². The second-order valence-corrected chi connectivity index (χ2v) is 5.72. The third-order valence-corrected chi connectivity index (χ3v) is 4.13. The molecule has 21 heavy (non-hydrogen) atoms. The van der Waals surface area contributed by atoms with Crippen LogP contribution in [-0.4, -0.2) is 13.6 Å². The minimum atomic E-state index is -4.48. The van der Waals surface area contributed by atoms with Gasteiger partial charge >= 0.3 is 6.18 Å². The number of anilines is 1. The lowest BCUT2D eigenvalue weighted by Crippen LogP contribution is -2.27.